The Bertz CT molecular complexity index is 1460. The molecule has 1 aromatic carbocycles. The van der Waals surface area contributed by atoms with Crippen molar-refractivity contribution >= 4 is 44.4 Å². The SMILES string of the molecule is COC1=NN(C2CC2)c2cc3cnc(Nc4ccc(S(N)(=O)=O)c(F)c4)nc3n2C12CCCCC2. The van der Waals surface area contributed by atoms with E-state index in [2.05, 4.69) is 25.9 Å². The Labute approximate surface area is 202 Å². The highest BCUT2D eigenvalue weighted by atomic mass is 32.2. The molecule has 0 unspecified atom stereocenters. The van der Waals surface area contributed by atoms with Crippen LogP contribution in [0.2, 0.25) is 0 Å². The molecular weight excluding hydrogens is 473 g/mol. The van der Waals surface area contributed by atoms with Crippen molar-refractivity contribution in [1.82, 2.24) is 14.5 Å². The first-order chi connectivity index (χ1) is 16.8. The highest BCUT2D eigenvalue weighted by molar-refractivity contribution is 7.89. The summed E-state index contributed by atoms with van der Waals surface area (Å²) in [7, 11) is -2.47. The third kappa shape index (κ3) is 3.62. The van der Waals surface area contributed by atoms with E-state index in [-0.39, 0.29) is 5.95 Å². The smallest absolute Gasteiger partial charge is 0.240 e. The van der Waals surface area contributed by atoms with Gasteiger partial charge in [-0.05, 0) is 49.9 Å². The van der Waals surface area contributed by atoms with Crippen LogP contribution in [0.15, 0.2) is 40.5 Å². The first-order valence-electron chi connectivity index (χ1n) is 11.7. The van der Waals surface area contributed by atoms with Gasteiger partial charge in [-0.3, -0.25) is 4.57 Å². The number of hydrogen-bond donors (Lipinski definition) is 2. The lowest BCUT2D eigenvalue weighted by molar-refractivity contribution is 0.220. The number of ether oxygens (including phenoxy) is 1. The van der Waals surface area contributed by atoms with Crippen LogP contribution in [0.25, 0.3) is 11.0 Å². The minimum absolute atomic E-state index is 0.270. The predicted octanol–water partition coefficient (Wildman–Crippen LogP) is 3.56. The Hall–Kier alpha value is -3.25. The zero-order valence-corrected chi connectivity index (χ0v) is 20.1. The molecule has 0 atom stereocenters. The van der Waals surface area contributed by atoms with Crippen LogP contribution in [0.4, 0.5) is 21.8 Å². The number of hydrazone groups is 1. The van der Waals surface area contributed by atoms with Gasteiger partial charge in [0.2, 0.25) is 21.9 Å². The number of nitrogens with two attached hydrogens (primary N) is 1. The van der Waals surface area contributed by atoms with Gasteiger partial charge in [-0.15, -0.1) is 5.10 Å². The number of fused-ring (bicyclic) bond motifs is 4. The number of rotatable bonds is 4. The van der Waals surface area contributed by atoms with Crippen LogP contribution < -0.4 is 15.5 Å². The van der Waals surface area contributed by atoms with Gasteiger partial charge in [0.05, 0.1) is 13.2 Å². The van der Waals surface area contributed by atoms with E-state index >= 15 is 0 Å². The second-order valence-electron chi connectivity index (χ2n) is 9.40. The van der Waals surface area contributed by atoms with E-state index in [9.17, 15) is 12.8 Å². The Morgan fingerprint density at radius 3 is 2.63 bits per heavy atom. The maximum Gasteiger partial charge on any atom is 0.240 e. The maximum absolute atomic E-state index is 14.3. The van der Waals surface area contributed by atoms with E-state index < -0.39 is 26.3 Å². The minimum atomic E-state index is -4.15. The fourth-order valence-corrected chi connectivity index (χ4v) is 5.88. The number of aromatic nitrogens is 3. The van der Waals surface area contributed by atoms with Crippen molar-refractivity contribution in [2.45, 2.75) is 61.4 Å². The average molecular weight is 500 g/mol. The van der Waals surface area contributed by atoms with Gasteiger partial charge in [0, 0.05) is 17.3 Å². The zero-order valence-electron chi connectivity index (χ0n) is 19.2. The lowest BCUT2D eigenvalue weighted by Gasteiger charge is -2.44. The molecular formula is C23H26FN7O3S. The van der Waals surface area contributed by atoms with Gasteiger partial charge in [-0.25, -0.2) is 27.9 Å². The molecule has 10 nitrogen and oxygen atoms in total. The summed E-state index contributed by atoms with van der Waals surface area (Å²) >= 11 is 0. The molecule has 3 heterocycles. The summed E-state index contributed by atoms with van der Waals surface area (Å²) in [5.41, 5.74) is 0.645. The Kier molecular flexibility index (Phi) is 5.01. The van der Waals surface area contributed by atoms with Crippen LogP contribution in [0.3, 0.4) is 0 Å². The zero-order chi connectivity index (χ0) is 24.4. The molecule has 2 saturated carbocycles. The van der Waals surface area contributed by atoms with E-state index in [4.69, 9.17) is 20.0 Å². The third-order valence-electron chi connectivity index (χ3n) is 7.04. The maximum atomic E-state index is 14.3. The summed E-state index contributed by atoms with van der Waals surface area (Å²) in [5.74, 6) is 1.02. The molecule has 0 saturated heterocycles. The molecule has 184 valence electrons. The van der Waals surface area contributed by atoms with Gasteiger partial charge in [-0.1, -0.05) is 19.3 Å². The molecule has 3 N–H and O–H groups in total. The third-order valence-corrected chi connectivity index (χ3v) is 7.99. The molecule has 2 fully saturated rings. The number of halogens is 1. The first-order valence-corrected chi connectivity index (χ1v) is 13.3. The quantitative estimate of drug-likeness (QED) is 0.562. The normalized spacial score (nSPS) is 19.5. The number of nitrogens with zero attached hydrogens (tertiary/aromatic N) is 5. The fourth-order valence-electron chi connectivity index (χ4n) is 5.30. The largest absolute Gasteiger partial charge is 0.481 e. The number of primary sulfonamides is 1. The van der Waals surface area contributed by atoms with Gasteiger partial charge < -0.3 is 10.1 Å². The van der Waals surface area contributed by atoms with E-state index in [0.29, 0.717) is 17.6 Å². The number of methoxy groups -OCH3 is 1. The van der Waals surface area contributed by atoms with Crippen LogP contribution >= 0.6 is 0 Å². The number of benzene rings is 1. The molecule has 0 amide bonds. The van der Waals surface area contributed by atoms with Crippen molar-refractivity contribution in [3.05, 3.63) is 36.3 Å². The minimum Gasteiger partial charge on any atom is -0.481 e. The van der Waals surface area contributed by atoms with E-state index in [1.807, 2.05) is 0 Å². The second kappa shape index (κ2) is 7.89. The summed E-state index contributed by atoms with van der Waals surface area (Å²) < 4.78 is 45.5. The topological polar surface area (TPSA) is 128 Å². The molecule has 2 aliphatic carbocycles. The number of anilines is 3. The van der Waals surface area contributed by atoms with Crippen LogP contribution in [-0.4, -0.2) is 42.0 Å². The summed E-state index contributed by atoms with van der Waals surface area (Å²) in [6, 6.07) is 6.03. The number of nitrogens with one attached hydrogen (secondary N) is 1. The number of hydrogen-bond acceptors (Lipinski definition) is 8. The second-order valence-corrected chi connectivity index (χ2v) is 10.9. The molecule has 6 rings (SSSR count). The van der Waals surface area contributed by atoms with Crippen molar-refractivity contribution in [2.75, 3.05) is 17.4 Å². The lowest BCUT2D eigenvalue weighted by Crippen LogP contribution is -2.50. The molecule has 0 bridgehead atoms. The van der Waals surface area contributed by atoms with Gasteiger partial charge in [0.1, 0.15) is 27.7 Å². The van der Waals surface area contributed by atoms with Crippen molar-refractivity contribution in [1.29, 1.82) is 0 Å². The molecule has 3 aromatic rings. The predicted molar refractivity (Wildman–Crippen MR) is 130 cm³/mol. The Balaban J connectivity index is 1.45. The van der Waals surface area contributed by atoms with Crippen LogP contribution in [0, 0.1) is 5.82 Å². The standard InChI is InChI=1S/C23H26FN7O3S/c1-34-21-23(9-3-2-4-10-23)30-19(31(29-21)16-6-7-16)11-14-13-26-22(28-20(14)30)27-15-5-8-18(17(24)12-15)35(25,32)33/h5,8,11-13,16H,2-4,6-7,9-10H2,1H3,(H2,25,32,33)(H,26,27,28). The Morgan fingerprint density at radius 1 is 1.20 bits per heavy atom. The highest BCUT2D eigenvalue weighted by Crippen LogP contribution is 2.47. The molecule has 1 spiro atoms. The molecule has 3 aliphatic rings. The summed E-state index contributed by atoms with van der Waals surface area (Å²) in [6.45, 7) is 0. The van der Waals surface area contributed by atoms with Crippen molar-refractivity contribution in [3.63, 3.8) is 0 Å². The fraction of sp³-hybridized carbons (Fsp3) is 0.435. The number of sulfonamides is 1. The van der Waals surface area contributed by atoms with Crippen LogP contribution in [-0.2, 0) is 20.3 Å². The Morgan fingerprint density at radius 2 is 1.97 bits per heavy atom. The first kappa shape index (κ1) is 22.2. The van der Waals surface area contributed by atoms with E-state index in [1.54, 1.807) is 13.3 Å². The van der Waals surface area contributed by atoms with Crippen molar-refractivity contribution in [2.24, 2.45) is 10.2 Å². The van der Waals surface area contributed by atoms with Gasteiger partial charge in [0.15, 0.2) is 0 Å². The summed E-state index contributed by atoms with van der Waals surface area (Å²) in [6.07, 6.45) is 9.00. The van der Waals surface area contributed by atoms with Crippen molar-refractivity contribution < 1.29 is 17.5 Å². The summed E-state index contributed by atoms with van der Waals surface area (Å²) in [5, 5.41) is 15.9. The average Bonchev–Trinajstić information content (AvgIpc) is 3.59. The molecule has 1 aliphatic heterocycles. The van der Waals surface area contributed by atoms with Gasteiger partial charge >= 0.3 is 0 Å². The molecule has 35 heavy (non-hydrogen) atoms. The van der Waals surface area contributed by atoms with Gasteiger partial charge in [-0.2, -0.15) is 4.98 Å². The van der Waals surface area contributed by atoms with E-state index in [0.717, 1.165) is 67.5 Å². The highest BCUT2D eigenvalue weighted by Gasteiger charge is 2.49. The van der Waals surface area contributed by atoms with Crippen molar-refractivity contribution in [3.8, 4) is 0 Å². The van der Waals surface area contributed by atoms with E-state index in [1.165, 1.54) is 12.5 Å². The van der Waals surface area contributed by atoms with Crippen LogP contribution in [0.1, 0.15) is 44.9 Å². The monoisotopic (exact) mass is 499 g/mol. The van der Waals surface area contributed by atoms with Crippen LogP contribution in [0.5, 0.6) is 0 Å². The summed E-state index contributed by atoms with van der Waals surface area (Å²) in [4.78, 5) is 8.67. The lowest BCUT2D eigenvalue weighted by atomic mass is 9.80. The van der Waals surface area contributed by atoms with Gasteiger partial charge in [0.25, 0.3) is 0 Å². The molecule has 2 aromatic heterocycles. The molecule has 0 radical (unpaired) electrons. The molecule has 12 heteroatoms.